The van der Waals surface area contributed by atoms with Gasteiger partial charge in [-0.1, -0.05) is 17.7 Å². The Morgan fingerprint density at radius 1 is 1.47 bits per heavy atom. The molecule has 0 aliphatic carbocycles. The number of hydrogen-bond donors (Lipinski definition) is 2. The van der Waals surface area contributed by atoms with E-state index in [2.05, 4.69) is 5.32 Å². The lowest BCUT2D eigenvalue weighted by Crippen LogP contribution is -2.39. The molecule has 82 valence electrons. The molecule has 1 heterocycles. The number of hydrogen-bond acceptors (Lipinski definition) is 2. The average Bonchev–Trinajstić information content (AvgIpc) is 2.04. The molecule has 0 saturated carbocycles. The third-order valence-corrected chi connectivity index (χ3v) is 2.80. The summed E-state index contributed by atoms with van der Waals surface area (Å²) in [7, 11) is 0. The second kappa shape index (κ2) is 4.84. The maximum atomic E-state index is 10.8. The van der Waals surface area contributed by atoms with Gasteiger partial charge < -0.3 is 10.4 Å². The Kier molecular flexibility index (Phi) is 3.97. The summed E-state index contributed by atoms with van der Waals surface area (Å²) in [5, 5.41) is 12.3. The van der Waals surface area contributed by atoms with E-state index in [9.17, 15) is 4.79 Å². The number of benzene rings is 1. The van der Waals surface area contributed by atoms with E-state index in [1.807, 2.05) is 6.07 Å². The first kappa shape index (κ1) is 12.3. The Bertz CT molecular complexity index is 378. The molecule has 1 aromatic carbocycles. The Hall–Kier alpha value is -0.770. The predicted molar refractivity (Wildman–Crippen MR) is 61.3 cm³/mol. The molecule has 0 unspecified atom stereocenters. The van der Waals surface area contributed by atoms with Crippen LogP contribution in [0, 0.1) is 0 Å². The van der Waals surface area contributed by atoms with E-state index in [4.69, 9.17) is 16.7 Å². The van der Waals surface area contributed by atoms with Gasteiger partial charge in [0.05, 0.1) is 10.6 Å². The zero-order valence-electron chi connectivity index (χ0n) is 7.87. The number of carboxylic acid groups (broad SMARTS) is 1. The minimum Gasteiger partial charge on any atom is -0.478 e. The van der Waals surface area contributed by atoms with Gasteiger partial charge in [-0.3, -0.25) is 0 Å². The van der Waals surface area contributed by atoms with E-state index in [0.29, 0.717) is 10.9 Å². The molecule has 15 heavy (non-hydrogen) atoms. The molecule has 2 N–H and O–H groups in total. The lowest BCUT2D eigenvalue weighted by Gasteiger charge is -2.27. The van der Waals surface area contributed by atoms with Gasteiger partial charge in [0.1, 0.15) is 0 Å². The molecule has 1 saturated heterocycles. The monoisotopic (exact) mass is 247 g/mol. The highest BCUT2D eigenvalue weighted by Crippen LogP contribution is 2.24. The van der Waals surface area contributed by atoms with Crippen molar-refractivity contribution in [1.29, 1.82) is 0 Å². The van der Waals surface area contributed by atoms with Crippen LogP contribution in [-0.2, 0) is 0 Å². The molecule has 0 radical (unpaired) electrons. The molecule has 5 heteroatoms. The Balaban J connectivity index is 0.00000112. The maximum Gasteiger partial charge on any atom is 0.337 e. The smallest absolute Gasteiger partial charge is 0.337 e. The van der Waals surface area contributed by atoms with Crippen molar-refractivity contribution in [2.24, 2.45) is 0 Å². The van der Waals surface area contributed by atoms with Gasteiger partial charge in [0, 0.05) is 19.0 Å². The standard InChI is InChI=1S/C10H10ClNO2.ClH/c11-9-2-1-6(7-4-12-5-7)3-8(9)10(13)14;/h1-3,7,12H,4-5H2,(H,13,14);1H. The van der Waals surface area contributed by atoms with Crippen molar-refractivity contribution in [2.75, 3.05) is 13.1 Å². The van der Waals surface area contributed by atoms with E-state index >= 15 is 0 Å². The van der Waals surface area contributed by atoms with Crippen LogP contribution in [-0.4, -0.2) is 24.2 Å². The Labute approximate surface area is 98.8 Å². The molecule has 1 aliphatic heterocycles. The summed E-state index contributed by atoms with van der Waals surface area (Å²) in [5.41, 5.74) is 1.24. The fraction of sp³-hybridized carbons (Fsp3) is 0.300. The quantitative estimate of drug-likeness (QED) is 0.843. The van der Waals surface area contributed by atoms with Crippen LogP contribution < -0.4 is 5.32 Å². The van der Waals surface area contributed by atoms with Crippen molar-refractivity contribution in [1.82, 2.24) is 5.32 Å². The molecule has 2 rings (SSSR count). The first-order chi connectivity index (χ1) is 6.68. The van der Waals surface area contributed by atoms with Crippen LogP contribution in [0.3, 0.4) is 0 Å². The van der Waals surface area contributed by atoms with E-state index in [1.165, 1.54) is 0 Å². The van der Waals surface area contributed by atoms with Gasteiger partial charge in [-0.15, -0.1) is 12.4 Å². The van der Waals surface area contributed by atoms with Crippen molar-refractivity contribution >= 4 is 30.0 Å². The van der Waals surface area contributed by atoms with Crippen LogP contribution in [0.2, 0.25) is 5.02 Å². The van der Waals surface area contributed by atoms with Crippen LogP contribution in [0.15, 0.2) is 18.2 Å². The number of carboxylic acids is 1. The molecule has 0 atom stereocenters. The van der Waals surface area contributed by atoms with Crippen molar-refractivity contribution < 1.29 is 9.90 Å². The van der Waals surface area contributed by atoms with E-state index < -0.39 is 5.97 Å². The van der Waals surface area contributed by atoms with Gasteiger partial charge in [0.2, 0.25) is 0 Å². The normalized spacial score (nSPS) is 15.3. The third-order valence-electron chi connectivity index (χ3n) is 2.47. The summed E-state index contributed by atoms with van der Waals surface area (Å²) < 4.78 is 0. The fourth-order valence-electron chi connectivity index (χ4n) is 1.49. The molecular weight excluding hydrogens is 237 g/mol. The number of halogens is 2. The predicted octanol–water partition coefficient (Wildman–Crippen LogP) is 2.15. The van der Waals surface area contributed by atoms with Gasteiger partial charge in [-0.05, 0) is 17.7 Å². The topological polar surface area (TPSA) is 49.3 Å². The van der Waals surface area contributed by atoms with Crippen molar-refractivity contribution in [3.05, 3.63) is 34.3 Å². The molecule has 3 nitrogen and oxygen atoms in total. The lowest BCUT2D eigenvalue weighted by molar-refractivity contribution is 0.0697. The van der Waals surface area contributed by atoms with E-state index in [1.54, 1.807) is 12.1 Å². The summed E-state index contributed by atoms with van der Waals surface area (Å²) in [6.07, 6.45) is 0. The van der Waals surface area contributed by atoms with E-state index in [-0.39, 0.29) is 18.0 Å². The zero-order chi connectivity index (χ0) is 10.1. The number of aromatic carboxylic acids is 1. The highest BCUT2D eigenvalue weighted by molar-refractivity contribution is 6.33. The number of rotatable bonds is 2. The third kappa shape index (κ3) is 2.43. The van der Waals surface area contributed by atoms with Gasteiger partial charge >= 0.3 is 5.97 Å². The molecule has 0 spiro atoms. The molecule has 1 fully saturated rings. The summed E-state index contributed by atoms with van der Waals surface area (Å²) in [4.78, 5) is 10.8. The van der Waals surface area contributed by atoms with Crippen LogP contribution >= 0.6 is 24.0 Å². The van der Waals surface area contributed by atoms with Gasteiger partial charge in [-0.25, -0.2) is 4.79 Å². The summed E-state index contributed by atoms with van der Waals surface area (Å²) >= 11 is 5.76. The summed E-state index contributed by atoms with van der Waals surface area (Å²) in [6, 6.07) is 5.20. The SMILES string of the molecule is Cl.O=C(O)c1cc(C2CNC2)ccc1Cl. The largest absolute Gasteiger partial charge is 0.478 e. The van der Waals surface area contributed by atoms with Gasteiger partial charge in [0.25, 0.3) is 0 Å². The molecular formula is C10H11Cl2NO2. The van der Waals surface area contributed by atoms with Crippen molar-refractivity contribution in [2.45, 2.75) is 5.92 Å². The minimum atomic E-state index is -0.968. The van der Waals surface area contributed by atoms with Crippen molar-refractivity contribution in [3.8, 4) is 0 Å². The van der Waals surface area contributed by atoms with Crippen LogP contribution in [0.25, 0.3) is 0 Å². The number of carbonyl (C=O) groups is 1. The first-order valence-electron chi connectivity index (χ1n) is 4.42. The van der Waals surface area contributed by atoms with Gasteiger partial charge in [-0.2, -0.15) is 0 Å². The van der Waals surface area contributed by atoms with Crippen LogP contribution in [0.4, 0.5) is 0 Å². The number of nitrogens with one attached hydrogen (secondary N) is 1. The van der Waals surface area contributed by atoms with Crippen LogP contribution in [0.1, 0.15) is 21.8 Å². The second-order valence-electron chi connectivity index (χ2n) is 3.40. The molecule has 0 amide bonds. The second-order valence-corrected chi connectivity index (χ2v) is 3.81. The Morgan fingerprint density at radius 2 is 2.13 bits per heavy atom. The summed E-state index contributed by atoms with van der Waals surface area (Å²) in [5.74, 6) is -0.533. The fourth-order valence-corrected chi connectivity index (χ4v) is 1.68. The lowest BCUT2D eigenvalue weighted by atomic mass is 9.92. The van der Waals surface area contributed by atoms with Crippen molar-refractivity contribution in [3.63, 3.8) is 0 Å². The Morgan fingerprint density at radius 3 is 2.60 bits per heavy atom. The summed E-state index contributed by atoms with van der Waals surface area (Å²) in [6.45, 7) is 1.83. The molecule has 1 aromatic rings. The van der Waals surface area contributed by atoms with Gasteiger partial charge in [0.15, 0.2) is 0 Å². The first-order valence-corrected chi connectivity index (χ1v) is 4.79. The molecule has 0 aromatic heterocycles. The molecule has 1 aliphatic rings. The minimum absolute atomic E-state index is 0. The van der Waals surface area contributed by atoms with E-state index in [0.717, 1.165) is 18.7 Å². The molecule has 0 bridgehead atoms. The zero-order valence-corrected chi connectivity index (χ0v) is 9.44. The highest BCUT2D eigenvalue weighted by Gasteiger charge is 2.20. The maximum absolute atomic E-state index is 10.8. The highest BCUT2D eigenvalue weighted by atomic mass is 35.5. The average molecular weight is 248 g/mol. The van der Waals surface area contributed by atoms with Crippen LogP contribution in [0.5, 0.6) is 0 Å².